The molecule has 0 saturated heterocycles. The number of amides is 1. The van der Waals surface area contributed by atoms with E-state index in [4.69, 9.17) is 4.74 Å². The van der Waals surface area contributed by atoms with Crippen molar-refractivity contribution in [1.29, 1.82) is 0 Å². The van der Waals surface area contributed by atoms with Crippen LogP contribution in [0.15, 0.2) is 6.07 Å². The summed E-state index contributed by atoms with van der Waals surface area (Å²) in [5, 5.41) is 2.80. The van der Waals surface area contributed by atoms with Crippen LogP contribution in [-0.2, 0) is 22.4 Å². The molecule has 0 radical (unpaired) electrons. The van der Waals surface area contributed by atoms with Gasteiger partial charge in [0.2, 0.25) is 0 Å². The molecular weight excluding hydrogens is 274 g/mol. The minimum absolute atomic E-state index is 0.269. The molecule has 1 aliphatic rings. The zero-order valence-corrected chi connectivity index (χ0v) is 13.2. The lowest BCUT2D eigenvalue weighted by atomic mass is 10.1. The number of hydrogen-bond acceptors (Lipinski definition) is 4. The van der Waals surface area contributed by atoms with Crippen molar-refractivity contribution >= 4 is 23.2 Å². The number of nitrogens with one attached hydrogen (secondary N) is 1. The minimum atomic E-state index is -0.779. The number of esters is 1. The van der Waals surface area contributed by atoms with Gasteiger partial charge in [0.1, 0.15) is 4.88 Å². The molecule has 0 aliphatic heterocycles. The van der Waals surface area contributed by atoms with Crippen LogP contribution in [0.25, 0.3) is 0 Å². The summed E-state index contributed by atoms with van der Waals surface area (Å²) < 4.78 is 5.24. The number of thiophene rings is 1. The predicted octanol–water partition coefficient (Wildman–Crippen LogP) is 2.70. The number of rotatable bonds is 3. The van der Waals surface area contributed by atoms with Crippen LogP contribution in [0.1, 0.15) is 54.2 Å². The van der Waals surface area contributed by atoms with E-state index >= 15 is 0 Å². The molecule has 1 aliphatic carbocycles. The highest BCUT2D eigenvalue weighted by Gasteiger charge is 2.25. The molecule has 0 saturated carbocycles. The Hall–Kier alpha value is -1.36. The SMILES string of the molecule is C[C@@H](OC(=O)c1cc2c(s1)CCC2)C(=O)NC(C)(C)C. The third-order valence-corrected chi connectivity index (χ3v) is 4.32. The Morgan fingerprint density at radius 3 is 2.65 bits per heavy atom. The molecule has 110 valence electrons. The lowest BCUT2D eigenvalue weighted by molar-refractivity contribution is -0.130. The van der Waals surface area contributed by atoms with Gasteiger partial charge in [-0.05, 0) is 58.6 Å². The van der Waals surface area contributed by atoms with E-state index in [0.29, 0.717) is 4.88 Å². The summed E-state index contributed by atoms with van der Waals surface area (Å²) in [4.78, 5) is 25.8. The molecule has 0 aromatic carbocycles. The summed E-state index contributed by atoms with van der Waals surface area (Å²) in [6.45, 7) is 7.27. The molecule has 0 fully saturated rings. The van der Waals surface area contributed by atoms with Crippen molar-refractivity contribution in [2.24, 2.45) is 0 Å². The number of carbonyl (C=O) groups is 2. The Bertz CT molecular complexity index is 506. The Balaban J connectivity index is 1.95. The predicted molar refractivity (Wildman–Crippen MR) is 79.1 cm³/mol. The van der Waals surface area contributed by atoms with Gasteiger partial charge in [0.15, 0.2) is 6.10 Å². The van der Waals surface area contributed by atoms with Crippen molar-refractivity contribution in [2.45, 2.75) is 58.6 Å². The van der Waals surface area contributed by atoms with Crippen LogP contribution in [0.4, 0.5) is 0 Å². The maximum atomic E-state index is 12.0. The second-order valence-corrected chi connectivity index (χ2v) is 7.34. The first-order valence-electron chi connectivity index (χ1n) is 6.91. The maximum absolute atomic E-state index is 12.0. The fraction of sp³-hybridized carbons (Fsp3) is 0.600. The summed E-state index contributed by atoms with van der Waals surface area (Å²) >= 11 is 1.49. The van der Waals surface area contributed by atoms with Crippen molar-refractivity contribution in [1.82, 2.24) is 5.32 Å². The van der Waals surface area contributed by atoms with Gasteiger partial charge in [-0.3, -0.25) is 4.79 Å². The molecule has 20 heavy (non-hydrogen) atoms. The molecular formula is C15H21NO3S. The number of aryl methyl sites for hydroxylation is 2. The lowest BCUT2D eigenvalue weighted by Gasteiger charge is -2.23. The Labute approximate surface area is 123 Å². The molecule has 0 spiro atoms. The molecule has 1 aromatic heterocycles. The summed E-state index contributed by atoms with van der Waals surface area (Å²) in [6, 6.07) is 1.91. The van der Waals surface area contributed by atoms with Crippen LogP contribution in [0, 0.1) is 0 Å². The molecule has 0 unspecified atom stereocenters. The Kier molecular flexibility index (Phi) is 4.18. The first-order chi connectivity index (χ1) is 9.26. The molecule has 1 N–H and O–H groups in total. The topological polar surface area (TPSA) is 55.4 Å². The van der Waals surface area contributed by atoms with Crippen molar-refractivity contribution < 1.29 is 14.3 Å². The second kappa shape index (κ2) is 5.56. The highest BCUT2D eigenvalue weighted by atomic mass is 32.1. The van der Waals surface area contributed by atoms with Gasteiger partial charge in [0.05, 0.1) is 0 Å². The third kappa shape index (κ3) is 3.60. The smallest absolute Gasteiger partial charge is 0.349 e. The largest absolute Gasteiger partial charge is 0.448 e. The van der Waals surface area contributed by atoms with E-state index in [9.17, 15) is 9.59 Å². The molecule has 1 aromatic rings. The molecule has 1 atom stereocenters. The van der Waals surface area contributed by atoms with Crippen molar-refractivity contribution in [2.75, 3.05) is 0 Å². The molecule has 2 rings (SSSR count). The molecule has 1 amide bonds. The van der Waals surface area contributed by atoms with Gasteiger partial charge in [0, 0.05) is 10.4 Å². The molecule has 4 nitrogen and oxygen atoms in total. The van der Waals surface area contributed by atoms with Gasteiger partial charge in [-0.2, -0.15) is 0 Å². The molecule has 1 heterocycles. The minimum Gasteiger partial charge on any atom is -0.448 e. The lowest BCUT2D eigenvalue weighted by Crippen LogP contribution is -2.46. The monoisotopic (exact) mass is 295 g/mol. The Morgan fingerprint density at radius 2 is 2.05 bits per heavy atom. The summed E-state index contributed by atoms with van der Waals surface area (Å²) in [6.07, 6.45) is 2.48. The van der Waals surface area contributed by atoms with Crippen LogP contribution < -0.4 is 5.32 Å². The van der Waals surface area contributed by atoms with Crippen LogP contribution in [-0.4, -0.2) is 23.5 Å². The molecule has 0 bridgehead atoms. The van der Waals surface area contributed by atoms with Gasteiger partial charge in [-0.15, -0.1) is 11.3 Å². The summed E-state index contributed by atoms with van der Waals surface area (Å²) in [7, 11) is 0. The summed E-state index contributed by atoms with van der Waals surface area (Å²) in [5.41, 5.74) is 0.927. The standard InChI is InChI=1S/C15H21NO3S/c1-9(13(17)16-15(2,3)4)19-14(18)12-8-10-6-5-7-11(10)20-12/h8-9H,5-7H2,1-4H3,(H,16,17)/t9-/m1/s1. The zero-order chi connectivity index (χ0) is 14.9. The van der Waals surface area contributed by atoms with E-state index in [0.717, 1.165) is 12.8 Å². The fourth-order valence-electron chi connectivity index (χ4n) is 2.17. The van der Waals surface area contributed by atoms with E-state index in [-0.39, 0.29) is 11.4 Å². The average molecular weight is 295 g/mol. The van der Waals surface area contributed by atoms with Crippen LogP contribution in [0.2, 0.25) is 0 Å². The van der Waals surface area contributed by atoms with E-state index in [2.05, 4.69) is 5.32 Å². The first kappa shape index (κ1) is 15.0. The highest BCUT2D eigenvalue weighted by molar-refractivity contribution is 7.14. The number of ether oxygens (including phenoxy) is 1. The van der Waals surface area contributed by atoms with Gasteiger partial charge in [0.25, 0.3) is 5.91 Å². The van der Waals surface area contributed by atoms with Crippen molar-refractivity contribution in [3.05, 3.63) is 21.4 Å². The zero-order valence-electron chi connectivity index (χ0n) is 12.4. The van der Waals surface area contributed by atoms with E-state index in [1.807, 2.05) is 26.8 Å². The van der Waals surface area contributed by atoms with Crippen LogP contribution in [0.5, 0.6) is 0 Å². The van der Waals surface area contributed by atoms with Crippen LogP contribution in [0.3, 0.4) is 0 Å². The van der Waals surface area contributed by atoms with E-state index in [1.54, 1.807) is 6.92 Å². The highest BCUT2D eigenvalue weighted by Crippen LogP contribution is 2.31. The third-order valence-electron chi connectivity index (χ3n) is 3.10. The van der Waals surface area contributed by atoms with Crippen molar-refractivity contribution in [3.63, 3.8) is 0 Å². The maximum Gasteiger partial charge on any atom is 0.349 e. The number of carbonyl (C=O) groups excluding carboxylic acids is 2. The quantitative estimate of drug-likeness (QED) is 0.872. The van der Waals surface area contributed by atoms with E-state index in [1.165, 1.54) is 28.2 Å². The number of fused-ring (bicyclic) bond motifs is 1. The average Bonchev–Trinajstić information content (AvgIpc) is 2.85. The fourth-order valence-corrected chi connectivity index (χ4v) is 3.31. The van der Waals surface area contributed by atoms with Crippen LogP contribution >= 0.6 is 11.3 Å². The normalized spacial score (nSPS) is 15.6. The summed E-state index contributed by atoms with van der Waals surface area (Å²) in [5.74, 6) is -0.670. The second-order valence-electron chi connectivity index (χ2n) is 6.20. The first-order valence-corrected chi connectivity index (χ1v) is 7.72. The number of hydrogen-bond donors (Lipinski definition) is 1. The van der Waals surface area contributed by atoms with Gasteiger partial charge < -0.3 is 10.1 Å². The van der Waals surface area contributed by atoms with Gasteiger partial charge in [-0.1, -0.05) is 0 Å². The Morgan fingerprint density at radius 1 is 1.35 bits per heavy atom. The van der Waals surface area contributed by atoms with Gasteiger partial charge >= 0.3 is 5.97 Å². The molecule has 5 heteroatoms. The van der Waals surface area contributed by atoms with Crippen molar-refractivity contribution in [3.8, 4) is 0 Å². The van der Waals surface area contributed by atoms with Gasteiger partial charge in [-0.25, -0.2) is 4.79 Å². The van der Waals surface area contributed by atoms with E-state index < -0.39 is 12.1 Å².